The molecule has 0 aliphatic carbocycles. The van der Waals surface area contributed by atoms with Crippen LogP contribution < -0.4 is 0 Å². The lowest BCUT2D eigenvalue weighted by molar-refractivity contribution is -0.166. The van der Waals surface area contributed by atoms with Crippen molar-refractivity contribution in [3.05, 3.63) is 34.6 Å². The van der Waals surface area contributed by atoms with Crippen molar-refractivity contribution in [1.82, 2.24) is 0 Å². The minimum absolute atomic E-state index is 0.0211. The summed E-state index contributed by atoms with van der Waals surface area (Å²) in [6, 6.07) is 3.40. The Kier molecular flexibility index (Phi) is 6.78. The van der Waals surface area contributed by atoms with Crippen LogP contribution in [0.5, 0.6) is 0 Å². The van der Waals surface area contributed by atoms with Crippen molar-refractivity contribution in [2.75, 3.05) is 13.2 Å². The monoisotopic (exact) mass is 302 g/mol. The zero-order chi connectivity index (χ0) is 15.1. The highest BCUT2D eigenvalue weighted by Crippen LogP contribution is 2.19. The highest BCUT2D eigenvalue weighted by molar-refractivity contribution is 6.34. The van der Waals surface area contributed by atoms with E-state index in [1.54, 1.807) is 13.8 Å². The fourth-order valence-electron chi connectivity index (χ4n) is 1.59. The Morgan fingerprint density at radius 2 is 1.85 bits per heavy atom. The van der Waals surface area contributed by atoms with Crippen molar-refractivity contribution in [1.29, 1.82) is 0 Å². The van der Waals surface area contributed by atoms with Gasteiger partial charge in [-0.15, -0.1) is 0 Å². The molecule has 6 heteroatoms. The number of carbonyl (C=O) groups excluding carboxylic acids is 2. The van der Waals surface area contributed by atoms with Crippen LogP contribution in [0.2, 0.25) is 5.02 Å². The Labute approximate surface area is 121 Å². The van der Waals surface area contributed by atoms with Gasteiger partial charge in [0.1, 0.15) is 5.82 Å². The van der Waals surface area contributed by atoms with Crippen molar-refractivity contribution in [2.24, 2.45) is 0 Å². The maximum absolute atomic E-state index is 12.9. The Morgan fingerprint density at radius 1 is 1.25 bits per heavy atom. The molecule has 0 aliphatic heterocycles. The summed E-state index contributed by atoms with van der Waals surface area (Å²) >= 11 is 5.78. The molecular weight excluding hydrogens is 287 g/mol. The van der Waals surface area contributed by atoms with Gasteiger partial charge in [0.2, 0.25) is 6.29 Å². The van der Waals surface area contributed by atoms with Crippen LogP contribution in [-0.2, 0) is 14.3 Å². The normalized spacial score (nSPS) is 10.8. The summed E-state index contributed by atoms with van der Waals surface area (Å²) in [5.74, 6) is -1.53. The first-order chi connectivity index (χ1) is 9.49. The van der Waals surface area contributed by atoms with Crippen LogP contribution in [0.3, 0.4) is 0 Å². The topological polar surface area (TPSA) is 52.6 Å². The average molecular weight is 303 g/mol. The van der Waals surface area contributed by atoms with E-state index in [2.05, 4.69) is 0 Å². The lowest BCUT2D eigenvalue weighted by Crippen LogP contribution is -2.29. The molecule has 1 aromatic rings. The summed E-state index contributed by atoms with van der Waals surface area (Å²) in [7, 11) is 0. The molecule has 0 saturated carbocycles. The molecular formula is C14H16ClFO4. The van der Waals surface area contributed by atoms with E-state index in [1.807, 2.05) is 0 Å². The maximum Gasteiger partial charge on any atom is 0.218 e. The molecule has 0 amide bonds. The number of ether oxygens (including phenoxy) is 2. The fraction of sp³-hybridized carbons (Fsp3) is 0.429. The maximum atomic E-state index is 12.9. The van der Waals surface area contributed by atoms with E-state index in [9.17, 15) is 14.0 Å². The Balaban J connectivity index is 2.75. The Morgan fingerprint density at radius 3 is 2.35 bits per heavy atom. The van der Waals surface area contributed by atoms with Gasteiger partial charge >= 0.3 is 0 Å². The van der Waals surface area contributed by atoms with Crippen LogP contribution in [0.1, 0.15) is 30.6 Å². The van der Waals surface area contributed by atoms with Gasteiger partial charge in [0, 0.05) is 18.8 Å². The van der Waals surface area contributed by atoms with E-state index in [4.69, 9.17) is 21.1 Å². The van der Waals surface area contributed by atoms with Crippen molar-refractivity contribution in [3.63, 3.8) is 0 Å². The SMILES string of the molecule is CCOC(OCC)C(=O)CC(=O)c1ccc(F)cc1Cl. The molecule has 0 spiro atoms. The predicted octanol–water partition coefficient (Wildman–Crippen LogP) is 3.02. The van der Waals surface area contributed by atoms with Gasteiger partial charge in [-0.2, -0.15) is 0 Å². The first kappa shape index (κ1) is 16.8. The van der Waals surface area contributed by atoms with Crippen LogP contribution in [0.25, 0.3) is 0 Å². The van der Waals surface area contributed by atoms with Crippen molar-refractivity contribution < 1.29 is 23.5 Å². The molecule has 0 saturated heterocycles. The predicted molar refractivity (Wildman–Crippen MR) is 72.4 cm³/mol. The third kappa shape index (κ3) is 4.67. The second kappa shape index (κ2) is 8.09. The second-order valence-corrected chi connectivity index (χ2v) is 4.34. The molecule has 1 rings (SSSR count). The third-order valence-electron chi connectivity index (χ3n) is 2.47. The summed E-state index contributed by atoms with van der Waals surface area (Å²) in [4.78, 5) is 23.9. The highest BCUT2D eigenvalue weighted by Gasteiger charge is 2.23. The quantitative estimate of drug-likeness (QED) is 0.421. The molecule has 0 radical (unpaired) electrons. The number of Topliss-reactive ketones (excluding diaryl/α,β-unsaturated/α-hetero) is 2. The van der Waals surface area contributed by atoms with Crippen LogP contribution in [0.4, 0.5) is 4.39 Å². The zero-order valence-electron chi connectivity index (χ0n) is 11.3. The number of benzene rings is 1. The number of ketones is 2. The van der Waals surface area contributed by atoms with Gasteiger partial charge in [-0.1, -0.05) is 11.6 Å². The lowest BCUT2D eigenvalue weighted by Gasteiger charge is -2.15. The number of rotatable bonds is 8. The average Bonchev–Trinajstić information content (AvgIpc) is 2.38. The molecule has 0 fully saturated rings. The van der Waals surface area contributed by atoms with Crippen molar-refractivity contribution in [2.45, 2.75) is 26.6 Å². The van der Waals surface area contributed by atoms with Crippen LogP contribution in [0.15, 0.2) is 18.2 Å². The second-order valence-electron chi connectivity index (χ2n) is 3.93. The van der Waals surface area contributed by atoms with Gasteiger partial charge in [-0.25, -0.2) is 4.39 Å². The molecule has 0 heterocycles. The first-order valence-electron chi connectivity index (χ1n) is 6.23. The number of carbonyl (C=O) groups is 2. The molecule has 20 heavy (non-hydrogen) atoms. The van der Waals surface area contributed by atoms with Gasteiger partial charge in [0.25, 0.3) is 0 Å². The standard InChI is InChI=1S/C14H16ClFO4/c1-3-19-14(20-4-2)13(18)8-12(17)10-6-5-9(16)7-11(10)15/h5-7,14H,3-4,8H2,1-2H3. The smallest absolute Gasteiger partial charge is 0.218 e. The summed E-state index contributed by atoms with van der Waals surface area (Å²) in [6.45, 7) is 4.03. The van der Waals surface area contributed by atoms with Gasteiger partial charge in [-0.05, 0) is 32.0 Å². The number of hydrogen-bond acceptors (Lipinski definition) is 4. The zero-order valence-corrected chi connectivity index (χ0v) is 12.1. The van der Waals surface area contributed by atoms with Gasteiger partial charge < -0.3 is 9.47 Å². The Bertz CT molecular complexity index is 484. The molecule has 0 atom stereocenters. The van der Waals surface area contributed by atoms with Gasteiger partial charge in [-0.3, -0.25) is 9.59 Å². The fourth-order valence-corrected chi connectivity index (χ4v) is 1.86. The molecule has 0 aromatic heterocycles. The minimum atomic E-state index is -1.06. The van der Waals surface area contributed by atoms with E-state index in [1.165, 1.54) is 6.07 Å². The van der Waals surface area contributed by atoms with Crippen LogP contribution in [0, 0.1) is 5.82 Å². The van der Waals surface area contributed by atoms with E-state index in [0.717, 1.165) is 12.1 Å². The van der Waals surface area contributed by atoms with E-state index in [-0.39, 0.29) is 10.6 Å². The minimum Gasteiger partial charge on any atom is -0.346 e. The molecule has 1 aromatic carbocycles. The molecule has 0 unspecified atom stereocenters. The summed E-state index contributed by atoms with van der Waals surface area (Å²) in [6.07, 6.45) is -1.47. The van der Waals surface area contributed by atoms with E-state index >= 15 is 0 Å². The molecule has 4 nitrogen and oxygen atoms in total. The van der Waals surface area contributed by atoms with Crippen LogP contribution >= 0.6 is 11.6 Å². The van der Waals surface area contributed by atoms with Crippen molar-refractivity contribution in [3.8, 4) is 0 Å². The van der Waals surface area contributed by atoms with E-state index < -0.39 is 30.1 Å². The summed E-state index contributed by atoms with van der Waals surface area (Å²) in [5.41, 5.74) is 0.105. The van der Waals surface area contributed by atoms with Crippen LogP contribution in [-0.4, -0.2) is 31.1 Å². The molecule has 0 aliphatic rings. The van der Waals surface area contributed by atoms with Crippen molar-refractivity contribution >= 4 is 23.2 Å². The largest absolute Gasteiger partial charge is 0.346 e. The molecule has 0 N–H and O–H groups in total. The third-order valence-corrected chi connectivity index (χ3v) is 2.78. The lowest BCUT2D eigenvalue weighted by atomic mass is 10.1. The number of hydrogen-bond donors (Lipinski definition) is 0. The summed E-state index contributed by atoms with van der Waals surface area (Å²) < 4.78 is 23.1. The number of halogens is 2. The van der Waals surface area contributed by atoms with E-state index in [0.29, 0.717) is 13.2 Å². The highest BCUT2D eigenvalue weighted by atomic mass is 35.5. The molecule has 0 bridgehead atoms. The first-order valence-corrected chi connectivity index (χ1v) is 6.61. The van der Waals surface area contributed by atoms with Gasteiger partial charge in [0.15, 0.2) is 11.6 Å². The summed E-state index contributed by atoms with van der Waals surface area (Å²) in [5, 5.41) is -0.0211. The Hall–Kier alpha value is -1.30. The molecule has 110 valence electrons. The van der Waals surface area contributed by atoms with Gasteiger partial charge in [0.05, 0.1) is 11.4 Å².